The number of nitrogens with zero attached hydrogens (tertiary/aromatic N) is 1. The van der Waals surface area contributed by atoms with Crippen LogP contribution in [0.1, 0.15) is 11.3 Å². The number of anilines is 1. The van der Waals surface area contributed by atoms with E-state index in [4.69, 9.17) is 0 Å². The Hall–Kier alpha value is -1.55. The van der Waals surface area contributed by atoms with E-state index in [9.17, 15) is 4.79 Å². The van der Waals surface area contributed by atoms with Gasteiger partial charge in [0.1, 0.15) is 5.69 Å². The minimum Gasteiger partial charge on any atom is -0.376 e. The molecular formula is C14H15BrN2O. The second kappa shape index (κ2) is 5.40. The number of aromatic nitrogens is 1. The van der Waals surface area contributed by atoms with Gasteiger partial charge in [0, 0.05) is 23.8 Å². The highest BCUT2D eigenvalue weighted by atomic mass is 79.9. The van der Waals surface area contributed by atoms with Gasteiger partial charge in [0.25, 0.3) is 5.56 Å². The molecule has 3 nitrogen and oxygen atoms in total. The molecule has 94 valence electrons. The van der Waals surface area contributed by atoms with Crippen LogP contribution in [-0.4, -0.2) is 4.57 Å². The van der Waals surface area contributed by atoms with Gasteiger partial charge in [-0.15, -0.1) is 0 Å². The molecule has 18 heavy (non-hydrogen) atoms. The van der Waals surface area contributed by atoms with Crippen LogP contribution in [0.25, 0.3) is 0 Å². The first-order chi connectivity index (χ1) is 8.59. The van der Waals surface area contributed by atoms with Crippen LogP contribution in [0.5, 0.6) is 0 Å². The van der Waals surface area contributed by atoms with Crippen molar-refractivity contribution in [2.45, 2.75) is 13.5 Å². The second-order valence-electron chi connectivity index (χ2n) is 4.20. The van der Waals surface area contributed by atoms with E-state index >= 15 is 0 Å². The molecule has 0 atom stereocenters. The molecule has 0 saturated heterocycles. The summed E-state index contributed by atoms with van der Waals surface area (Å²) in [6, 6.07) is 11.7. The molecule has 1 heterocycles. The van der Waals surface area contributed by atoms with Crippen LogP contribution in [0.3, 0.4) is 0 Å². The molecule has 0 spiro atoms. The van der Waals surface area contributed by atoms with E-state index in [1.54, 1.807) is 11.6 Å². The van der Waals surface area contributed by atoms with Crippen molar-refractivity contribution < 1.29 is 0 Å². The summed E-state index contributed by atoms with van der Waals surface area (Å²) in [5, 5.41) is 3.17. The molecule has 1 aromatic heterocycles. The molecule has 0 bridgehead atoms. The maximum Gasteiger partial charge on any atom is 0.273 e. The van der Waals surface area contributed by atoms with Gasteiger partial charge in [-0.05, 0) is 30.7 Å². The molecule has 0 radical (unpaired) electrons. The number of pyridine rings is 1. The molecule has 0 aliphatic heterocycles. The van der Waals surface area contributed by atoms with Gasteiger partial charge in [-0.25, -0.2) is 0 Å². The van der Waals surface area contributed by atoms with Crippen molar-refractivity contribution >= 4 is 21.6 Å². The summed E-state index contributed by atoms with van der Waals surface area (Å²) in [4.78, 5) is 12.0. The molecule has 1 N–H and O–H groups in total. The number of hydrogen-bond acceptors (Lipinski definition) is 2. The summed E-state index contributed by atoms with van der Waals surface area (Å²) in [7, 11) is 1.78. The fraction of sp³-hybridized carbons (Fsp3) is 0.214. The summed E-state index contributed by atoms with van der Waals surface area (Å²) in [5.41, 5.74) is 2.70. The highest BCUT2D eigenvalue weighted by Crippen LogP contribution is 2.16. The standard InChI is InChI=1S/C14H15BrN2O/c1-10-7-8-13(14(18)17(10)2)16-9-11-5-3-4-6-12(11)15/h3-8,16H,9H2,1-2H3. The van der Waals surface area contributed by atoms with Crippen LogP contribution >= 0.6 is 15.9 Å². The van der Waals surface area contributed by atoms with Crippen molar-refractivity contribution in [3.63, 3.8) is 0 Å². The molecule has 0 aliphatic rings. The van der Waals surface area contributed by atoms with E-state index in [1.165, 1.54) is 0 Å². The highest BCUT2D eigenvalue weighted by Gasteiger charge is 2.04. The van der Waals surface area contributed by atoms with Crippen LogP contribution in [0, 0.1) is 6.92 Å². The van der Waals surface area contributed by atoms with Crippen molar-refractivity contribution in [3.8, 4) is 0 Å². The van der Waals surface area contributed by atoms with Gasteiger partial charge in [0.15, 0.2) is 0 Å². The smallest absolute Gasteiger partial charge is 0.273 e. The Labute approximate surface area is 115 Å². The van der Waals surface area contributed by atoms with Crippen molar-refractivity contribution in [1.82, 2.24) is 4.57 Å². The van der Waals surface area contributed by atoms with Crippen molar-refractivity contribution in [2.24, 2.45) is 7.05 Å². The minimum absolute atomic E-state index is 0.00190. The van der Waals surface area contributed by atoms with Gasteiger partial charge in [-0.3, -0.25) is 4.79 Å². The Morgan fingerprint density at radius 1 is 1.22 bits per heavy atom. The predicted octanol–water partition coefficient (Wildman–Crippen LogP) is 3.07. The Bertz CT molecular complexity index is 619. The third-order valence-electron chi connectivity index (χ3n) is 2.98. The lowest BCUT2D eigenvalue weighted by molar-refractivity contribution is 0.818. The normalized spacial score (nSPS) is 10.4. The van der Waals surface area contributed by atoms with Gasteiger partial charge >= 0.3 is 0 Å². The van der Waals surface area contributed by atoms with Crippen molar-refractivity contribution in [2.75, 3.05) is 5.32 Å². The maximum absolute atomic E-state index is 12.0. The molecule has 0 saturated carbocycles. The Morgan fingerprint density at radius 3 is 2.67 bits per heavy atom. The number of nitrogens with one attached hydrogen (secondary N) is 1. The molecule has 1 aromatic carbocycles. The van der Waals surface area contributed by atoms with E-state index in [1.807, 2.05) is 43.3 Å². The highest BCUT2D eigenvalue weighted by molar-refractivity contribution is 9.10. The van der Waals surface area contributed by atoms with Gasteiger partial charge < -0.3 is 9.88 Å². The fourth-order valence-electron chi connectivity index (χ4n) is 1.69. The van der Waals surface area contributed by atoms with Crippen LogP contribution in [-0.2, 0) is 13.6 Å². The Morgan fingerprint density at radius 2 is 1.94 bits per heavy atom. The zero-order valence-electron chi connectivity index (χ0n) is 10.4. The van der Waals surface area contributed by atoms with Gasteiger partial charge in [0.2, 0.25) is 0 Å². The SMILES string of the molecule is Cc1ccc(NCc2ccccc2Br)c(=O)n1C. The van der Waals surface area contributed by atoms with Crippen LogP contribution in [0.2, 0.25) is 0 Å². The Balaban J connectivity index is 2.19. The number of rotatable bonds is 3. The first-order valence-corrected chi connectivity index (χ1v) is 6.53. The van der Waals surface area contributed by atoms with Gasteiger partial charge in [0.05, 0.1) is 0 Å². The van der Waals surface area contributed by atoms with Crippen molar-refractivity contribution in [3.05, 3.63) is 62.5 Å². The third-order valence-corrected chi connectivity index (χ3v) is 3.76. The predicted molar refractivity (Wildman–Crippen MR) is 77.9 cm³/mol. The first kappa shape index (κ1) is 12.9. The van der Waals surface area contributed by atoms with Crippen LogP contribution in [0.4, 0.5) is 5.69 Å². The molecule has 0 unspecified atom stereocenters. The average molecular weight is 307 g/mol. The van der Waals surface area contributed by atoms with E-state index in [-0.39, 0.29) is 5.56 Å². The monoisotopic (exact) mass is 306 g/mol. The first-order valence-electron chi connectivity index (χ1n) is 5.73. The number of benzene rings is 1. The summed E-state index contributed by atoms with van der Waals surface area (Å²) in [6.45, 7) is 2.54. The van der Waals surface area contributed by atoms with Crippen LogP contribution < -0.4 is 10.9 Å². The number of halogens is 1. The van der Waals surface area contributed by atoms with E-state index in [0.29, 0.717) is 12.2 Å². The lowest BCUT2D eigenvalue weighted by Gasteiger charge is -2.10. The van der Waals surface area contributed by atoms with E-state index in [0.717, 1.165) is 15.7 Å². The summed E-state index contributed by atoms with van der Waals surface area (Å²) in [6.07, 6.45) is 0. The minimum atomic E-state index is 0.00190. The lowest BCUT2D eigenvalue weighted by atomic mass is 10.2. The molecule has 0 amide bonds. The molecule has 4 heteroatoms. The van der Waals surface area contributed by atoms with E-state index < -0.39 is 0 Å². The topological polar surface area (TPSA) is 34.0 Å². The Kier molecular flexibility index (Phi) is 3.87. The molecule has 2 aromatic rings. The van der Waals surface area contributed by atoms with Gasteiger partial charge in [-0.2, -0.15) is 0 Å². The summed E-state index contributed by atoms with van der Waals surface area (Å²) >= 11 is 3.49. The fourth-order valence-corrected chi connectivity index (χ4v) is 2.12. The molecule has 0 aliphatic carbocycles. The zero-order chi connectivity index (χ0) is 13.1. The molecule has 2 rings (SSSR count). The van der Waals surface area contributed by atoms with E-state index in [2.05, 4.69) is 21.2 Å². The lowest BCUT2D eigenvalue weighted by Crippen LogP contribution is -2.22. The quantitative estimate of drug-likeness (QED) is 0.945. The number of hydrogen-bond donors (Lipinski definition) is 1. The maximum atomic E-state index is 12.0. The zero-order valence-corrected chi connectivity index (χ0v) is 12.0. The second-order valence-corrected chi connectivity index (χ2v) is 5.05. The number of aryl methyl sites for hydroxylation is 1. The van der Waals surface area contributed by atoms with Crippen molar-refractivity contribution in [1.29, 1.82) is 0 Å². The molecular weight excluding hydrogens is 292 g/mol. The molecule has 0 fully saturated rings. The summed E-state index contributed by atoms with van der Waals surface area (Å²) in [5.74, 6) is 0. The van der Waals surface area contributed by atoms with Gasteiger partial charge in [-0.1, -0.05) is 34.1 Å². The van der Waals surface area contributed by atoms with Crippen LogP contribution in [0.15, 0.2) is 45.7 Å². The third kappa shape index (κ3) is 2.64. The summed E-state index contributed by atoms with van der Waals surface area (Å²) < 4.78 is 2.68. The average Bonchev–Trinajstić information content (AvgIpc) is 2.37. The largest absolute Gasteiger partial charge is 0.376 e.